The van der Waals surface area contributed by atoms with Crippen LogP contribution in [0.2, 0.25) is 10.0 Å². The first kappa shape index (κ1) is 30.5. The average molecular weight is 591 g/mol. The van der Waals surface area contributed by atoms with Crippen molar-refractivity contribution in [2.24, 2.45) is 0 Å². The summed E-state index contributed by atoms with van der Waals surface area (Å²) in [5, 5.41) is 3.76. The molecule has 208 valence electrons. The number of halogens is 2. The van der Waals surface area contributed by atoms with Gasteiger partial charge >= 0.3 is 0 Å². The van der Waals surface area contributed by atoms with Crippen LogP contribution in [0.4, 0.5) is 5.69 Å². The van der Waals surface area contributed by atoms with Crippen LogP contribution in [0.15, 0.2) is 77.7 Å². The molecule has 0 saturated carbocycles. The third-order valence-corrected chi connectivity index (χ3v) is 8.95. The van der Waals surface area contributed by atoms with Crippen LogP contribution in [0.1, 0.15) is 38.3 Å². The van der Waals surface area contributed by atoms with Gasteiger partial charge < -0.3 is 10.2 Å². The molecule has 39 heavy (non-hydrogen) atoms. The summed E-state index contributed by atoms with van der Waals surface area (Å²) in [6.45, 7) is 6.67. The van der Waals surface area contributed by atoms with E-state index in [9.17, 15) is 18.0 Å². The van der Waals surface area contributed by atoms with E-state index in [4.69, 9.17) is 23.2 Å². The fraction of sp³-hybridized carbons (Fsp3) is 0.310. The van der Waals surface area contributed by atoms with Gasteiger partial charge in [-0.25, -0.2) is 8.42 Å². The van der Waals surface area contributed by atoms with Gasteiger partial charge in [-0.1, -0.05) is 66.5 Å². The number of carbonyl (C=O) groups is 2. The van der Waals surface area contributed by atoms with E-state index in [0.29, 0.717) is 21.2 Å². The maximum Gasteiger partial charge on any atom is 0.264 e. The number of nitrogens with one attached hydrogen (secondary N) is 1. The van der Waals surface area contributed by atoms with Crippen molar-refractivity contribution in [2.75, 3.05) is 10.8 Å². The highest BCUT2D eigenvalue weighted by atomic mass is 35.5. The molecule has 0 saturated heterocycles. The Hall–Kier alpha value is -3.07. The molecule has 0 spiro atoms. The SMILES string of the molecule is CC[C@H](C)NC(=O)[C@H](C)N(Cc1cccc(Cl)c1)C(=O)CN(c1cccc(Cl)c1C)S(=O)(=O)c1ccccc1. The Morgan fingerprint density at radius 2 is 1.62 bits per heavy atom. The van der Waals surface area contributed by atoms with Gasteiger partial charge in [-0.3, -0.25) is 13.9 Å². The molecule has 0 aliphatic heterocycles. The smallest absolute Gasteiger partial charge is 0.264 e. The highest BCUT2D eigenvalue weighted by Gasteiger charge is 2.33. The fourth-order valence-corrected chi connectivity index (χ4v) is 5.85. The Bertz CT molecular complexity index is 1420. The van der Waals surface area contributed by atoms with Crippen molar-refractivity contribution in [3.63, 3.8) is 0 Å². The van der Waals surface area contributed by atoms with Crippen LogP contribution < -0.4 is 9.62 Å². The van der Waals surface area contributed by atoms with Crippen LogP contribution in [0.25, 0.3) is 0 Å². The first-order valence-electron chi connectivity index (χ1n) is 12.6. The van der Waals surface area contributed by atoms with Gasteiger partial charge in [-0.05, 0) is 74.7 Å². The van der Waals surface area contributed by atoms with Crippen molar-refractivity contribution in [2.45, 2.75) is 57.6 Å². The van der Waals surface area contributed by atoms with Crippen LogP contribution in [0.5, 0.6) is 0 Å². The molecule has 0 aromatic heterocycles. The number of anilines is 1. The van der Waals surface area contributed by atoms with E-state index in [0.717, 1.165) is 10.7 Å². The average Bonchev–Trinajstić information content (AvgIpc) is 2.92. The number of sulfonamides is 1. The summed E-state index contributed by atoms with van der Waals surface area (Å²) in [7, 11) is -4.16. The molecule has 0 unspecified atom stereocenters. The highest BCUT2D eigenvalue weighted by molar-refractivity contribution is 7.92. The first-order chi connectivity index (χ1) is 18.4. The zero-order chi connectivity index (χ0) is 28.7. The summed E-state index contributed by atoms with van der Waals surface area (Å²) < 4.78 is 28.8. The lowest BCUT2D eigenvalue weighted by Gasteiger charge is -2.33. The molecule has 0 aliphatic carbocycles. The predicted octanol–water partition coefficient (Wildman–Crippen LogP) is 5.83. The zero-order valence-corrected chi connectivity index (χ0v) is 24.7. The van der Waals surface area contributed by atoms with Gasteiger partial charge in [0, 0.05) is 22.6 Å². The lowest BCUT2D eigenvalue weighted by atomic mass is 10.1. The van der Waals surface area contributed by atoms with E-state index < -0.39 is 28.5 Å². The van der Waals surface area contributed by atoms with Crippen LogP contribution in [-0.2, 0) is 26.2 Å². The van der Waals surface area contributed by atoms with Crippen molar-refractivity contribution in [1.82, 2.24) is 10.2 Å². The Labute approximate surface area is 240 Å². The number of benzene rings is 3. The number of rotatable bonds is 11. The molecule has 3 rings (SSSR count). The molecule has 0 heterocycles. The van der Waals surface area contributed by atoms with Crippen LogP contribution in [-0.4, -0.2) is 43.8 Å². The molecule has 0 radical (unpaired) electrons. The molecule has 0 bridgehead atoms. The molecule has 0 fully saturated rings. The second-order valence-electron chi connectivity index (χ2n) is 9.35. The summed E-state index contributed by atoms with van der Waals surface area (Å²) in [4.78, 5) is 28.5. The van der Waals surface area contributed by atoms with Gasteiger partial charge in [0.2, 0.25) is 11.8 Å². The minimum atomic E-state index is -4.16. The molecule has 7 nitrogen and oxygen atoms in total. The van der Waals surface area contributed by atoms with Gasteiger partial charge in [0.15, 0.2) is 0 Å². The van der Waals surface area contributed by atoms with Crippen molar-refractivity contribution in [3.8, 4) is 0 Å². The molecule has 10 heteroatoms. The summed E-state index contributed by atoms with van der Waals surface area (Å²) in [6, 6.07) is 18.8. The van der Waals surface area contributed by atoms with E-state index in [1.807, 2.05) is 13.8 Å². The topological polar surface area (TPSA) is 86.8 Å². The molecule has 3 aromatic rings. The molecule has 2 atom stereocenters. The van der Waals surface area contributed by atoms with Crippen molar-refractivity contribution < 1.29 is 18.0 Å². The summed E-state index contributed by atoms with van der Waals surface area (Å²) in [5.41, 5.74) is 1.49. The fourth-order valence-electron chi connectivity index (χ4n) is 3.98. The van der Waals surface area contributed by atoms with Crippen molar-refractivity contribution >= 4 is 50.7 Å². The summed E-state index contributed by atoms with van der Waals surface area (Å²) in [6.07, 6.45) is 0.720. The lowest BCUT2D eigenvalue weighted by molar-refractivity contribution is -0.139. The third-order valence-electron chi connectivity index (χ3n) is 6.53. The molecule has 2 amide bonds. The van der Waals surface area contributed by atoms with Gasteiger partial charge in [0.1, 0.15) is 12.6 Å². The van der Waals surface area contributed by atoms with Gasteiger partial charge in [0.05, 0.1) is 10.6 Å². The molecular formula is C29H33Cl2N3O4S. The number of hydrogen-bond acceptors (Lipinski definition) is 4. The van der Waals surface area contributed by atoms with E-state index in [2.05, 4.69) is 5.32 Å². The van der Waals surface area contributed by atoms with E-state index >= 15 is 0 Å². The lowest BCUT2D eigenvalue weighted by Crippen LogP contribution is -2.52. The van der Waals surface area contributed by atoms with E-state index in [1.165, 1.54) is 17.0 Å². The summed E-state index contributed by atoms with van der Waals surface area (Å²) in [5.74, 6) is -0.892. The Kier molecular flexibility index (Phi) is 10.4. The predicted molar refractivity (Wildman–Crippen MR) is 157 cm³/mol. The van der Waals surface area contributed by atoms with Crippen molar-refractivity contribution in [3.05, 3.63) is 94.0 Å². The number of amides is 2. The second-order valence-corrected chi connectivity index (χ2v) is 12.1. The standard InChI is InChI=1S/C29H33Cl2N3O4S/c1-5-20(2)32-29(36)22(4)33(18-23-11-9-12-24(30)17-23)28(35)19-34(27-16-10-15-26(31)21(27)3)39(37,38)25-13-7-6-8-14-25/h6-17,20,22H,5,18-19H2,1-4H3,(H,32,36)/t20-,22-/m0/s1. The van der Waals surface area contributed by atoms with Crippen LogP contribution in [0.3, 0.4) is 0 Å². The molecular weight excluding hydrogens is 557 g/mol. The van der Waals surface area contributed by atoms with E-state index in [-0.39, 0.29) is 29.1 Å². The minimum absolute atomic E-state index is 0.0288. The third kappa shape index (κ3) is 7.53. The van der Waals surface area contributed by atoms with Gasteiger partial charge in [0.25, 0.3) is 10.0 Å². The molecule has 1 N–H and O–H groups in total. The normalized spacial score (nSPS) is 12.9. The number of carbonyl (C=O) groups excluding carboxylic acids is 2. The largest absolute Gasteiger partial charge is 0.352 e. The van der Waals surface area contributed by atoms with Crippen LogP contribution in [0, 0.1) is 6.92 Å². The van der Waals surface area contributed by atoms with Crippen LogP contribution >= 0.6 is 23.2 Å². The molecule has 0 aliphatic rings. The quantitative estimate of drug-likeness (QED) is 0.305. The number of nitrogens with zero attached hydrogens (tertiary/aromatic N) is 2. The van der Waals surface area contributed by atoms with Crippen molar-refractivity contribution in [1.29, 1.82) is 0 Å². The highest BCUT2D eigenvalue weighted by Crippen LogP contribution is 2.31. The molecule has 3 aromatic carbocycles. The summed E-state index contributed by atoms with van der Waals surface area (Å²) >= 11 is 12.5. The maximum absolute atomic E-state index is 14.0. The minimum Gasteiger partial charge on any atom is -0.352 e. The Morgan fingerprint density at radius 1 is 0.949 bits per heavy atom. The van der Waals surface area contributed by atoms with E-state index in [1.54, 1.807) is 74.5 Å². The zero-order valence-electron chi connectivity index (χ0n) is 22.4. The van der Waals surface area contributed by atoms with Gasteiger partial charge in [-0.15, -0.1) is 0 Å². The van der Waals surface area contributed by atoms with Gasteiger partial charge in [-0.2, -0.15) is 0 Å². The Morgan fingerprint density at radius 3 is 2.26 bits per heavy atom. The number of hydrogen-bond donors (Lipinski definition) is 1. The first-order valence-corrected chi connectivity index (χ1v) is 14.8. The Balaban J connectivity index is 2.06. The monoisotopic (exact) mass is 589 g/mol. The second kappa shape index (κ2) is 13.3. The maximum atomic E-state index is 14.0.